The van der Waals surface area contributed by atoms with Gasteiger partial charge in [-0.15, -0.1) is 0 Å². The fourth-order valence-corrected chi connectivity index (χ4v) is 6.73. The number of nitrogens with one attached hydrogen (secondary N) is 2. The van der Waals surface area contributed by atoms with Gasteiger partial charge < -0.3 is 20.1 Å². The van der Waals surface area contributed by atoms with Crippen LogP contribution in [0.2, 0.25) is 0 Å². The molecule has 1 aliphatic heterocycles. The third kappa shape index (κ3) is 3.42. The number of anilines is 2. The van der Waals surface area contributed by atoms with Crippen LogP contribution in [-0.2, 0) is 0 Å². The van der Waals surface area contributed by atoms with Crippen molar-refractivity contribution in [3.8, 4) is 11.5 Å². The molecule has 0 unspecified atom stereocenters. The normalized spacial score (nSPS) is 26.2. The van der Waals surface area contributed by atoms with E-state index >= 15 is 0 Å². The van der Waals surface area contributed by atoms with E-state index in [0.29, 0.717) is 46.5 Å². The molecule has 6 rings (SSSR count). The van der Waals surface area contributed by atoms with E-state index in [1.165, 1.54) is 36.1 Å². The van der Waals surface area contributed by atoms with Crippen molar-refractivity contribution in [3.05, 3.63) is 83.4 Å². The molecule has 3 aromatic carbocycles. The number of rotatable bonds is 5. The lowest BCUT2D eigenvalue weighted by atomic mass is 9.68. The molecule has 0 spiro atoms. The van der Waals surface area contributed by atoms with Crippen molar-refractivity contribution in [3.63, 3.8) is 0 Å². The number of methoxy groups -OCH3 is 2. The molecule has 5 heteroatoms. The van der Waals surface area contributed by atoms with Gasteiger partial charge >= 0.3 is 0 Å². The van der Waals surface area contributed by atoms with Crippen molar-refractivity contribution in [1.82, 2.24) is 0 Å². The predicted octanol–water partition coefficient (Wildman–Crippen LogP) is 6.25. The highest BCUT2D eigenvalue weighted by Gasteiger charge is 2.53. The third-order valence-corrected chi connectivity index (χ3v) is 8.15. The van der Waals surface area contributed by atoms with E-state index in [1.54, 1.807) is 26.4 Å². The first-order valence-corrected chi connectivity index (χ1v) is 12.1. The van der Waals surface area contributed by atoms with Gasteiger partial charge in [-0.05, 0) is 84.4 Å². The fourth-order valence-electron chi connectivity index (χ4n) is 6.73. The van der Waals surface area contributed by atoms with E-state index < -0.39 is 0 Å². The molecule has 34 heavy (non-hydrogen) atoms. The number of carbonyl (C=O) groups excluding carboxylic acids is 1. The topological polar surface area (TPSA) is 59.6 Å². The lowest BCUT2D eigenvalue weighted by molar-refractivity contribution is 0.102. The van der Waals surface area contributed by atoms with Gasteiger partial charge in [-0.3, -0.25) is 4.79 Å². The first-order chi connectivity index (χ1) is 16.7. The second-order valence-corrected chi connectivity index (χ2v) is 9.79. The number of hydrogen-bond acceptors (Lipinski definition) is 4. The molecule has 2 aliphatic carbocycles. The molecule has 1 amide bonds. The van der Waals surface area contributed by atoms with Gasteiger partial charge in [0.2, 0.25) is 0 Å². The maximum absolute atomic E-state index is 13.2. The third-order valence-electron chi connectivity index (χ3n) is 8.15. The molecule has 5 nitrogen and oxygen atoms in total. The molecule has 0 saturated heterocycles. The van der Waals surface area contributed by atoms with Crippen LogP contribution in [0.3, 0.4) is 0 Å². The number of amides is 1. The SMILES string of the molecule is COc1ccc(NC(=O)c2ccc3c(c2)[C@H]2[C@@H]4CC[C@@H](C4)[C@H]2[C@H](c2ccccc2)N3)cc1OC. The van der Waals surface area contributed by atoms with Crippen molar-refractivity contribution in [2.45, 2.75) is 31.2 Å². The zero-order valence-electron chi connectivity index (χ0n) is 19.6. The summed E-state index contributed by atoms with van der Waals surface area (Å²) in [7, 11) is 3.19. The average Bonchev–Trinajstić information content (AvgIpc) is 3.51. The molecule has 2 saturated carbocycles. The molecule has 2 bridgehead atoms. The average molecular weight is 455 g/mol. The summed E-state index contributed by atoms with van der Waals surface area (Å²) in [4.78, 5) is 13.2. The van der Waals surface area contributed by atoms with Crippen LogP contribution in [0.5, 0.6) is 11.5 Å². The molecule has 3 aliphatic rings. The molecule has 0 aromatic heterocycles. The summed E-state index contributed by atoms with van der Waals surface area (Å²) in [6, 6.07) is 22.7. The number of carbonyl (C=O) groups is 1. The highest BCUT2D eigenvalue weighted by molar-refractivity contribution is 6.05. The highest BCUT2D eigenvalue weighted by Crippen LogP contribution is 2.63. The Morgan fingerprint density at radius 2 is 1.71 bits per heavy atom. The maximum atomic E-state index is 13.2. The highest BCUT2D eigenvalue weighted by atomic mass is 16.5. The minimum Gasteiger partial charge on any atom is -0.493 e. The van der Waals surface area contributed by atoms with E-state index in [-0.39, 0.29) is 5.91 Å². The smallest absolute Gasteiger partial charge is 0.255 e. The van der Waals surface area contributed by atoms with Gasteiger partial charge in [-0.25, -0.2) is 0 Å². The zero-order valence-corrected chi connectivity index (χ0v) is 19.6. The molecule has 1 heterocycles. The van der Waals surface area contributed by atoms with E-state index in [1.807, 2.05) is 12.1 Å². The predicted molar refractivity (Wildman–Crippen MR) is 134 cm³/mol. The van der Waals surface area contributed by atoms with Crippen molar-refractivity contribution in [1.29, 1.82) is 0 Å². The van der Waals surface area contributed by atoms with Crippen molar-refractivity contribution < 1.29 is 14.3 Å². The summed E-state index contributed by atoms with van der Waals surface area (Å²) in [6.07, 6.45) is 3.93. The van der Waals surface area contributed by atoms with Crippen LogP contribution in [-0.4, -0.2) is 20.1 Å². The maximum Gasteiger partial charge on any atom is 0.255 e. The van der Waals surface area contributed by atoms with Crippen molar-refractivity contribution in [2.24, 2.45) is 17.8 Å². The summed E-state index contributed by atoms with van der Waals surface area (Å²) < 4.78 is 10.7. The summed E-state index contributed by atoms with van der Waals surface area (Å²) >= 11 is 0. The second-order valence-electron chi connectivity index (χ2n) is 9.79. The zero-order chi connectivity index (χ0) is 23.2. The molecular formula is C29H30N2O3. The van der Waals surface area contributed by atoms with E-state index in [0.717, 1.165) is 5.92 Å². The minimum atomic E-state index is -0.111. The Morgan fingerprint density at radius 3 is 2.50 bits per heavy atom. The minimum absolute atomic E-state index is 0.111. The lowest BCUT2D eigenvalue weighted by Crippen LogP contribution is -2.35. The molecule has 2 fully saturated rings. The Balaban J connectivity index is 1.31. The number of benzene rings is 3. The van der Waals surface area contributed by atoms with Crippen molar-refractivity contribution in [2.75, 3.05) is 24.9 Å². The van der Waals surface area contributed by atoms with Gasteiger partial charge in [0.1, 0.15) is 0 Å². The summed E-state index contributed by atoms with van der Waals surface area (Å²) in [5.74, 6) is 3.67. The van der Waals surface area contributed by atoms with E-state index in [4.69, 9.17) is 9.47 Å². The first-order valence-electron chi connectivity index (χ1n) is 12.1. The summed E-state index contributed by atoms with van der Waals surface area (Å²) in [6.45, 7) is 0. The Labute approximate surface area is 200 Å². The monoisotopic (exact) mass is 454 g/mol. The van der Waals surface area contributed by atoms with Crippen LogP contribution in [0.1, 0.15) is 52.7 Å². The van der Waals surface area contributed by atoms with Crippen LogP contribution in [0.25, 0.3) is 0 Å². The molecular weight excluding hydrogens is 424 g/mol. The largest absolute Gasteiger partial charge is 0.493 e. The molecule has 0 radical (unpaired) electrons. The van der Waals surface area contributed by atoms with Gasteiger partial charge in [-0.1, -0.05) is 30.3 Å². The summed E-state index contributed by atoms with van der Waals surface area (Å²) in [5.41, 5.74) is 5.22. The quantitative estimate of drug-likeness (QED) is 0.478. The van der Waals surface area contributed by atoms with E-state index in [9.17, 15) is 4.79 Å². The fraction of sp³-hybridized carbons (Fsp3) is 0.345. The Kier molecular flexibility index (Phi) is 5.20. The van der Waals surface area contributed by atoms with Gasteiger partial charge in [0.05, 0.1) is 20.3 Å². The second kappa shape index (κ2) is 8.39. The Bertz CT molecular complexity index is 1230. The summed E-state index contributed by atoms with van der Waals surface area (Å²) in [5, 5.41) is 6.88. The molecule has 5 atom stereocenters. The first kappa shape index (κ1) is 21.1. The molecule has 174 valence electrons. The van der Waals surface area contributed by atoms with E-state index in [2.05, 4.69) is 53.1 Å². The Hall–Kier alpha value is -3.47. The molecule has 2 N–H and O–H groups in total. The van der Waals surface area contributed by atoms with Crippen molar-refractivity contribution >= 4 is 17.3 Å². The number of fused-ring (bicyclic) bond motifs is 7. The number of hydrogen-bond donors (Lipinski definition) is 2. The number of ether oxygens (including phenoxy) is 2. The van der Waals surface area contributed by atoms with Gasteiger partial charge in [-0.2, -0.15) is 0 Å². The molecule has 3 aromatic rings. The van der Waals surface area contributed by atoms with Gasteiger partial charge in [0.25, 0.3) is 5.91 Å². The van der Waals surface area contributed by atoms with Crippen LogP contribution >= 0.6 is 0 Å². The standard InChI is InChI=1S/C29H30N2O3/c1-33-24-13-11-21(16-25(24)34-2)30-29(32)20-10-12-23-22(15-20)26-18-8-9-19(14-18)27(26)28(31-23)17-6-4-3-5-7-17/h3-7,10-13,15-16,18-19,26-28,31H,8-9,14H2,1-2H3,(H,30,32)/t18-,19+,26-,27-,28+/m1/s1. The van der Waals surface area contributed by atoms with Gasteiger partial charge in [0.15, 0.2) is 11.5 Å². The van der Waals surface area contributed by atoms with Crippen LogP contribution in [0, 0.1) is 17.8 Å². The van der Waals surface area contributed by atoms with Crippen LogP contribution < -0.4 is 20.1 Å². The lowest BCUT2D eigenvalue weighted by Gasteiger charge is -2.43. The van der Waals surface area contributed by atoms with Crippen LogP contribution in [0.4, 0.5) is 11.4 Å². The van der Waals surface area contributed by atoms with Crippen LogP contribution in [0.15, 0.2) is 66.7 Å². The van der Waals surface area contributed by atoms with Gasteiger partial charge in [0, 0.05) is 23.0 Å². The Morgan fingerprint density at radius 1 is 0.912 bits per heavy atom.